The first kappa shape index (κ1) is 8.34. The van der Waals surface area contributed by atoms with Crippen LogP contribution in [-0.2, 0) is 0 Å². The summed E-state index contributed by atoms with van der Waals surface area (Å²) in [6, 6.07) is 0. The topological polar surface area (TPSA) is 0 Å². The summed E-state index contributed by atoms with van der Waals surface area (Å²) in [7, 11) is 0. The number of hydrogen-bond donors (Lipinski definition) is 0. The van der Waals surface area contributed by atoms with Crippen LogP contribution in [0.4, 0.5) is 8.78 Å². The predicted molar refractivity (Wildman–Crippen MR) is 34.3 cm³/mol. The third-order valence-electron chi connectivity index (χ3n) is 0.908. The summed E-state index contributed by atoms with van der Waals surface area (Å²) in [5.74, 6) is -1.54. The summed E-state index contributed by atoms with van der Waals surface area (Å²) < 4.78 is 24.3. The van der Waals surface area contributed by atoms with Gasteiger partial charge < -0.3 is 0 Å². The first-order chi connectivity index (χ1) is 4.22. The van der Waals surface area contributed by atoms with Crippen LogP contribution in [0, 0.1) is 0 Å². The normalized spacial score (nSPS) is 12.8. The lowest BCUT2D eigenvalue weighted by atomic mass is 10.3. The van der Waals surface area contributed by atoms with E-state index < -0.39 is 11.7 Å². The summed E-state index contributed by atoms with van der Waals surface area (Å²) in [5, 5.41) is 0. The van der Waals surface area contributed by atoms with Gasteiger partial charge in [0.1, 0.15) is 5.83 Å². The monoisotopic (exact) mass is 132 g/mol. The third kappa shape index (κ3) is 3.01. The smallest absolute Gasteiger partial charge is 0.153 e. The second-order valence-corrected chi connectivity index (χ2v) is 1.71. The van der Waals surface area contributed by atoms with E-state index in [9.17, 15) is 8.78 Å². The molecule has 9 heavy (non-hydrogen) atoms. The largest absolute Gasteiger partial charge is 0.209 e. The van der Waals surface area contributed by atoms with Crippen LogP contribution < -0.4 is 0 Å². The first-order valence-corrected chi connectivity index (χ1v) is 2.89. The Morgan fingerprint density at radius 3 is 2.44 bits per heavy atom. The van der Waals surface area contributed by atoms with Crippen molar-refractivity contribution in [2.24, 2.45) is 0 Å². The molecule has 0 radical (unpaired) electrons. The molecule has 0 aliphatic rings. The van der Waals surface area contributed by atoms with E-state index in [0.717, 1.165) is 6.08 Å². The fraction of sp³-hybridized carbons (Fsp3) is 0.429. The van der Waals surface area contributed by atoms with Gasteiger partial charge in [-0.15, -0.1) is 0 Å². The highest BCUT2D eigenvalue weighted by Crippen LogP contribution is 2.13. The van der Waals surface area contributed by atoms with E-state index in [-0.39, 0.29) is 6.42 Å². The quantitative estimate of drug-likeness (QED) is 0.517. The van der Waals surface area contributed by atoms with E-state index in [1.165, 1.54) is 0 Å². The second kappa shape index (κ2) is 4.24. The Hall–Kier alpha value is -0.660. The second-order valence-electron chi connectivity index (χ2n) is 1.71. The highest BCUT2D eigenvalue weighted by molar-refractivity contribution is 5.11. The number of halogens is 2. The van der Waals surface area contributed by atoms with Crippen LogP contribution in [0.15, 0.2) is 24.3 Å². The van der Waals surface area contributed by atoms with Crippen molar-refractivity contribution in [1.82, 2.24) is 0 Å². The van der Waals surface area contributed by atoms with Gasteiger partial charge in [0.2, 0.25) is 0 Å². The number of allylic oxidation sites excluding steroid dienone is 3. The first-order valence-electron chi connectivity index (χ1n) is 2.89. The van der Waals surface area contributed by atoms with Crippen molar-refractivity contribution in [3.63, 3.8) is 0 Å². The molecule has 0 aromatic rings. The lowest BCUT2D eigenvalue weighted by Gasteiger charge is -1.91. The fourth-order valence-corrected chi connectivity index (χ4v) is 0.450. The lowest BCUT2D eigenvalue weighted by Crippen LogP contribution is -1.75. The van der Waals surface area contributed by atoms with Crippen LogP contribution in [0.5, 0.6) is 0 Å². The average molecular weight is 132 g/mol. The molecule has 0 rings (SSSR count). The van der Waals surface area contributed by atoms with Crippen LogP contribution >= 0.6 is 0 Å². The van der Waals surface area contributed by atoms with E-state index in [1.54, 1.807) is 6.92 Å². The molecule has 0 fully saturated rings. The summed E-state index contributed by atoms with van der Waals surface area (Å²) in [6.07, 6.45) is 1.66. The zero-order chi connectivity index (χ0) is 7.28. The Labute approximate surface area is 53.9 Å². The maximum absolute atomic E-state index is 12.2. The van der Waals surface area contributed by atoms with Crippen LogP contribution in [0.3, 0.4) is 0 Å². The molecule has 0 aliphatic heterocycles. The molecule has 0 saturated heterocycles. The Morgan fingerprint density at radius 2 is 2.11 bits per heavy atom. The Bertz CT molecular complexity index is 125. The van der Waals surface area contributed by atoms with Crippen molar-refractivity contribution in [2.75, 3.05) is 0 Å². The molecule has 0 saturated carbocycles. The van der Waals surface area contributed by atoms with Crippen molar-refractivity contribution < 1.29 is 8.78 Å². The minimum absolute atomic E-state index is 0.165. The van der Waals surface area contributed by atoms with Crippen molar-refractivity contribution in [3.05, 3.63) is 24.3 Å². The number of rotatable bonds is 3. The molecule has 0 atom stereocenters. The lowest BCUT2D eigenvalue weighted by molar-refractivity contribution is 0.520. The van der Waals surface area contributed by atoms with Crippen LogP contribution in [0.2, 0.25) is 0 Å². The zero-order valence-electron chi connectivity index (χ0n) is 5.45. The van der Waals surface area contributed by atoms with Gasteiger partial charge in [0, 0.05) is 6.42 Å². The highest BCUT2D eigenvalue weighted by Gasteiger charge is 1.98. The molecule has 0 spiro atoms. The minimum atomic E-state index is -0.836. The molecular formula is C7H10F2. The van der Waals surface area contributed by atoms with Crippen molar-refractivity contribution in [2.45, 2.75) is 19.8 Å². The number of hydrogen-bond acceptors (Lipinski definition) is 0. The van der Waals surface area contributed by atoms with Crippen molar-refractivity contribution >= 4 is 0 Å². The molecule has 0 amide bonds. The maximum atomic E-state index is 12.2. The highest BCUT2D eigenvalue weighted by atomic mass is 19.2. The van der Waals surface area contributed by atoms with Gasteiger partial charge in [0.25, 0.3) is 0 Å². The molecule has 0 heterocycles. The maximum Gasteiger partial charge on any atom is 0.153 e. The fourth-order valence-electron chi connectivity index (χ4n) is 0.450. The Balaban J connectivity index is 3.93. The van der Waals surface area contributed by atoms with Gasteiger partial charge in [-0.25, -0.2) is 8.78 Å². The molecule has 0 aromatic heterocycles. The molecule has 0 unspecified atom stereocenters. The zero-order valence-corrected chi connectivity index (χ0v) is 5.45. The summed E-state index contributed by atoms with van der Waals surface area (Å²) in [4.78, 5) is 0. The third-order valence-corrected chi connectivity index (χ3v) is 0.908. The SMILES string of the molecule is C=C/C(F)=C(/F)CCC. The Kier molecular flexibility index (Phi) is 3.93. The molecule has 0 aliphatic carbocycles. The van der Waals surface area contributed by atoms with Gasteiger partial charge in [-0.2, -0.15) is 0 Å². The van der Waals surface area contributed by atoms with Gasteiger partial charge in [-0.05, 0) is 12.5 Å². The molecule has 0 nitrogen and oxygen atoms in total. The molecule has 0 aromatic carbocycles. The minimum Gasteiger partial charge on any atom is -0.209 e. The van der Waals surface area contributed by atoms with E-state index in [2.05, 4.69) is 6.58 Å². The van der Waals surface area contributed by atoms with Crippen LogP contribution in [0.25, 0.3) is 0 Å². The van der Waals surface area contributed by atoms with E-state index >= 15 is 0 Å². The van der Waals surface area contributed by atoms with Gasteiger partial charge in [-0.3, -0.25) is 0 Å². The summed E-state index contributed by atoms with van der Waals surface area (Å²) in [5.41, 5.74) is 0. The molecule has 52 valence electrons. The van der Waals surface area contributed by atoms with E-state index in [4.69, 9.17) is 0 Å². The van der Waals surface area contributed by atoms with Crippen molar-refractivity contribution in [3.8, 4) is 0 Å². The van der Waals surface area contributed by atoms with Gasteiger partial charge in [-0.1, -0.05) is 13.5 Å². The molecule has 2 heteroatoms. The summed E-state index contributed by atoms with van der Waals surface area (Å²) in [6.45, 7) is 4.88. The predicted octanol–water partition coefficient (Wildman–Crippen LogP) is 3.12. The van der Waals surface area contributed by atoms with E-state index in [1.807, 2.05) is 0 Å². The standard InChI is InChI=1S/C7H10F2/c1-3-5-7(9)6(8)4-2/h4H,2-3,5H2,1H3/b7-6-. The van der Waals surface area contributed by atoms with E-state index in [0.29, 0.717) is 6.42 Å². The van der Waals surface area contributed by atoms with Crippen LogP contribution in [0.1, 0.15) is 19.8 Å². The van der Waals surface area contributed by atoms with Gasteiger partial charge in [0.15, 0.2) is 5.83 Å². The molecule has 0 bridgehead atoms. The molecule has 0 N–H and O–H groups in total. The summed E-state index contributed by atoms with van der Waals surface area (Å²) >= 11 is 0. The molecular weight excluding hydrogens is 122 g/mol. The van der Waals surface area contributed by atoms with Gasteiger partial charge in [0.05, 0.1) is 0 Å². The van der Waals surface area contributed by atoms with Crippen molar-refractivity contribution in [1.29, 1.82) is 0 Å². The van der Waals surface area contributed by atoms with Gasteiger partial charge >= 0.3 is 0 Å². The Morgan fingerprint density at radius 1 is 1.56 bits per heavy atom. The average Bonchev–Trinajstić information content (AvgIpc) is 1.87. The van der Waals surface area contributed by atoms with Crippen LogP contribution in [-0.4, -0.2) is 0 Å².